The summed E-state index contributed by atoms with van der Waals surface area (Å²) in [6, 6.07) is 12.1. The second-order valence-corrected chi connectivity index (χ2v) is 12.8. The molecule has 0 spiro atoms. The van der Waals surface area contributed by atoms with Crippen molar-refractivity contribution >= 4 is 34.5 Å². The number of hydrogen-bond donors (Lipinski definition) is 0. The molecule has 3 heterocycles. The van der Waals surface area contributed by atoms with Crippen molar-refractivity contribution in [1.82, 2.24) is 14.3 Å². The van der Waals surface area contributed by atoms with E-state index in [9.17, 15) is 9.59 Å². The van der Waals surface area contributed by atoms with Gasteiger partial charge in [0.15, 0.2) is 0 Å². The lowest BCUT2D eigenvalue weighted by atomic mass is 9.86. The summed E-state index contributed by atoms with van der Waals surface area (Å²) in [5.74, 6) is 0.303. The molecule has 4 aromatic rings. The maximum absolute atomic E-state index is 13.3. The van der Waals surface area contributed by atoms with E-state index < -0.39 is 11.6 Å². The molecule has 0 fully saturated rings. The van der Waals surface area contributed by atoms with Gasteiger partial charge in [-0.1, -0.05) is 32.8 Å². The number of hydrogen-bond acceptors (Lipinski definition) is 6. The third kappa shape index (κ3) is 6.42. The van der Waals surface area contributed by atoms with Gasteiger partial charge in [-0.15, -0.1) is 0 Å². The zero-order valence-corrected chi connectivity index (χ0v) is 27.8. The number of aromatic nitrogens is 3. The Balaban J connectivity index is 1.84. The zero-order valence-electron chi connectivity index (χ0n) is 27.8. The first-order valence-electron chi connectivity index (χ1n) is 16.0. The first-order valence-corrected chi connectivity index (χ1v) is 16.0. The quantitative estimate of drug-likeness (QED) is 0.167. The van der Waals surface area contributed by atoms with Crippen molar-refractivity contribution in [2.45, 2.75) is 85.3 Å². The van der Waals surface area contributed by atoms with Crippen molar-refractivity contribution in [2.24, 2.45) is 7.05 Å². The van der Waals surface area contributed by atoms with Crippen molar-refractivity contribution in [2.75, 3.05) is 13.7 Å². The minimum Gasteiger partial charge on any atom is -0.497 e. The van der Waals surface area contributed by atoms with Gasteiger partial charge in [-0.05, 0) is 94.0 Å². The fourth-order valence-electron chi connectivity index (χ4n) is 6.47. The number of methoxy groups -OCH3 is 1. The fourth-order valence-corrected chi connectivity index (χ4v) is 6.47. The molecule has 0 unspecified atom stereocenters. The van der Waals surface area contributed by atoms with Crippen LogP contribution in [0.4, 0.5) is 0 Å². The summed E-state index contributed by atoms with van der Waals surface area (Å²) in [5, 5.41) is 5.89. The predicted molar refractivity (Wildman–Crippen MR) is 179 cm³/mol. The molecular formula is C37H45N3O5. The lowest BCUT2D eigenvalue weighted by Gasteiger charge is -2.20. The highest BCUT2D eigenvalue weighted by atomic mass is 16.6. The van der Waals surface area contributed by atoms with E-state index in [2.05, 4.69) is 36.6 Å². The second kappa shape index (κ2) is 13.0. The number of esters is 2. The van der Waals surface area contributed by atoms with Gasteiger partial charge in [0, 0.05) is 35.3 Å². The maximum Gasteiger partial charge on any atom is 0.341 e. The van der Waals surface area contributed by atoms with E-state index in [0.29, 0.717) is 29.3 Å². The standard InChI is InChI=1S/C37H45N3O5/c1-9-12-23(13-10-2)32-29-16-14-24(35(41)45-37(4,5)6)20-31(29)40-21-26(33-30(22-39(7)38-33)36(42)44-11-3)18-25-19-27(43-8)15-17-28(25)34(32)40/h14-20,22-23H,9-13,21H2,1-8H3. The predicted octanol–water partition coefficient (Wildman–Crippen LogP) is 8.42. The smallest absolute Gasteiger partial charge is 0.341 e. The minimum absolute atomic E-state index is 0.270. The third-order valence-electron chi connectivity index (χ3n) is 8.22. The van der Waals surface area contributed by atoms with Crippen LogP contribution < -0.4 is 4.74 Å². The molecule has 0 saturated carbocycles. The summed E-state index contributed by atoms with van der Waals surface area (Å²) in [7, 11) is 3.47. The number of aryl methyl sites for hydroxylation is 1. The van der Waals surface area contributed by atoms with E-state index in [4.69, 9.17) is 19.3 Å². The summed E-state index contributed by atoms with van der Waals surface area (Å²) in [5.41, 5.74) is 7.14. The minimum atomic E-state index is -0.614. The van der Waals surface area contributed by atoms with Gasteiger partial charge in [-0.2, -0.15) is 5.10 Å². The van der Waals surface area contributed by atoms with E-state index >= 15 is 0 Å². The van der Waals surface area contributed by atoms with Crippen LogP contribution in [-0.4, -0.2) is 45.6 Å². The Morgan fingerprint density at radius 3 is 2.38 bits per heavy atom. The first-order chi connectivity index (χ1) is 21.5. The first kappa shape index (κ1) is 32.1. The van der Waals surface area contributed by atoms with Crippen LogP contribution in [0, 0.1) is 0 Å². The second-order valence-electron chi connectivity index (χ2n) is 12.8. The molecule has 0 N–H and O–H groups in total. The Kier molecular flexibility index (Phi) is 9.23. The molecule has 0 radical (unpaired) electrons. The van der Waals surface area contributed by atoms with Gasteiger partial charge in [0.25, 0.3) is 0 Å². The fraction of sp³-hybridized carbons (Fsp3) is 0.432. The Morgan fingerprint density at radius 1 is 1.00 bits per heavy atom. The largest absolute Gasteiger partial charge is 0.497 e. The number of carbonyl (C=O) groups is 2. The van der Waals surface area contributed by atoms with Crippen molar-refractivity contribution in [3.63, 3.8) is 0 Å². The summed E-state index contributed by atoms with van der Waals surface area (Å²) < 4.78 is 20.8. The lowest BCUT2D eigenvalue weighted by Crippen LogP contribution is -2.23. The highest BCUT2D eigenvalue weighted by Gasteiger charge is 2.31. The van der Waals surface area contributed by atoms with Crippen molar-refractivity contribution in [1.29, 1.82) is 0 Å². The van der Waals surface area contributed by atoms with Crippen LogP contribution in [0.1, 0.15) is 111 Å². The number of benzene rings is 2. The highest BCUT2D eigenvalue weighted by Crippen LogP contribution is 2.46. The number of rotatable bonds is 10. The van der Waals surface area contributed by atoms with E-state index in [1.165, 1.54) is 5.56 Å². The van der Waals surface area contributed by atoms with Gasteiger partial charge in [-0.25, -0.2) is 9.59 Å². The molecule has 8 heteroatoms. The Bertz CT molecular complexity index is 1760. The molecule has 2 aromatic heterocycles. The van der Waals surface area contributed by atoms with Crippen molar-refractivity contribution in [3.05, 3.63) is 70.5 Å². The average molecular weight is 612 g/mol. The molecule has 2 aromatic carbocycles. The molecule has 8 nitrogen and oxygen atoms in total. The van der Waals surface area contributed by atoms with Crippen LogP contribution in [0.2, 0.25) is 0 Å². The van der Waals surface area contributed by atoms with Gasteiger partial charge >= 0.3 is 11.9 Å². The van der Waals surface area contributed by atoms with Crippen molar-refractivity contribution < 1.29 is 23.8 Å². The van der Waals surface area contributed by atoms with Crippen LogP contribution in [0.25, 0.3) is 33.8 Å². The summed E-state index contributed by atoms with van der Waals surface area (Å²) >= 11 is 0. The van der Waals surface area contributed by atoms with Gasteiger partial charge < -0.3 is 18.8 Å². The van der Waals surface area contributed by atoms with E-state index in [-0.39, 0.29) is 12.6 Å². The molecule has 0 atom stereocenters. The van der Waals surface area contributed by atoms with Crippen molar-refractivity contribution in [3.8, 4) is 17.0 Å². The Labute approximate surface area is 266 Å². The molecule has 0 bridgehead atoms. The van der Waals surface area contributed by atoms with Gasteiger partial charge in [0.2, 0.25) is 0 Å². The van der Waals surface area contributed by atoms with E-state index in [1.807, 2.05) is 52.1 Å². The van der Waals surface area contributed by atoms with Crippen LogP contribution in [0.5, 0.6) is 5.75 Å². The van der Waals surface area contributed by atoms with E-state index in [1.54, 1.807) is 24.9 Å². The average Bonchev–Trinajstić information content (AvgIpc) is 3.48. The molecule has 5 rings (SSSR count). The monoisotopic (exact) mass is 611 g/mol. The number of fused-ring (bicyclic) bond motifs is 5. The number of carbonyl (C=O) groups excluding carboxylic acids is 2. The summed E-state index contributed by atoms with van der Waals surface area (Å²) in [6.07, 6.45) is 8.04. The maximum atomic E-state index is 13.3. The molecule has 45 heavy (non-hydrogen) atoms. The van der Waals surface area contributed by atoms with E-state index in [0.717, 1.165) is 64.7 Å². The van der Waals surface area contributed by atoms with Crippen LogP contribution in [0.3, 0.4) is 0 Å². The van der Waals surface area contributed by atoms with Gasteiger partial charge in [0.05, 0.1) is 31.5 Å². The topological polar surface area (TPSA) is 84.6 Å². The normalized spacial score (nSPS) is 12.9. The lowest BCUT2D eigenvalue weighted by molar-refractivity contribution is 0.00693. The molecule has 0 aliphatic carbocycles. The zero-order chi connectivity index (χ0) is 32.5. The molecule has 1 aliphatic rings. The van der Waals surface area contributed by atoms with Crippen LogP contribution in [0.15, 0.2) is 42.6 Å². The van der Waals surface area contributed by atoms with Gasteiger partial charge in [-0.3, -0.25) is 4.68 Å². The van der Waals surface area contributed by atoms with Crippen LogP contribution in [-0.2, 0) is 23.1 Å². The SMILES string of the molecule is CCCC(CCC)c1c2n(c3cc(C(=O)OC(C)(C)C)ccc13)CC(c1nn(C)cc1C(=O)OCC)=Cc1cc(OC)ccc1-2. The Morgan fingerprint density at radius 2 is 1.73 bits per heavy atom. The number of allylic oxidation sites excluding steroid dienone is 1. The summed E-state index contributed by atoms with van der Waals surface area (Å²) in [4.78, 5) is 26.4. The molecule has 238 valence electrons. The van der Waals surface area contributed by atoms with Crippen LogP contribution >= 0.6 is 0 Å². The van der Waals surface area contributed by atoms with Gasteiger partial charge in [0.1, 0.15) is 22.6 Å². The number of nitrogens with zero attached hydrogens (tertiary/aromatic N) is 3. The summed E-state index contributed by atoms with van der Waals surface area (Å²) in [6.45, 7) is 12.6. The molecule has 0 saturated heterocycles. The Hall–Kier alpha value is -4.33. The third-order valence-corrected chi connectivity index (χ3v) is 8.22. The number of ether oxygens (including phenoxy) is 3. The molecular weight excluding hydrogens is 566 g/mol. The molecule has 1 aliphatic heterocycles. The highest BCUT2D eigenvalue weighted by molar-refractivity contribution is 6.03. The molecule has 0 amide bonds.